The largest absolute Gasteiger partial charge is 0.362 e. The molecule has 4 aromatic heterocycles. The summed E-state index contributed by atoms with van der Waals surface area (Å²) in [5.41, 5.74) is 3.22. The van der Waals surface area contributed by atoms with Gasteiger partial charge >= 0.3 is 0 Å². The van der Waals surface area contributed by atoms with Gasteiger partial charge in [0, 0.05) is 66.9 Å². The van der Waals surface area contributed by atoms with E-state index in [1.165, 1.54) is 0 Å². The molecule has 0 bridgehead atoms. The maximum atomic E-state index is 9.64. The SMILES string of the molecule is C[Si](C)(C)CCOCn1ccc2c(-c3cnn([C@@H](CC#N)C4CCN(c5scc(Br)c5C#N)C4)c3)ncnc21. The highest BCUT2D eigenvalue weighted by atomic mass is 79.9. The molecule has 5 heterocycles. The number of hydrogen-bond acceptors (Lipinski definition) is 8. The maximum absolute atomic E-state index is 9.64. The van der Waals surface area contributed by atoms with E-state index in [1.807, 2.05) is 39.3 Å². The summed E-state index contributed by atoms with van der Waals surface area (Å²) in [5, 5.41) is 27.8. The minimum absolute atomic E-state index is 0.0654. The Hall–Kier alpha value is -3.03. The normalized spacial score (nSPS) is 16.5. The van der Waals surface area contributed by atoms with E-state index in [1.54, 1.807) is 17.7 Å². The monoisotopic (exact) mass is 622 g/mol. The number of rotatable bonds is 10. The first-order chi connectivity index (χ1) is 18.8. The lowest BCUT2D eigenvalue weighted by molar-refractivity contribution is 0.0899. The van der Waals surface area contributed by atoms with Crippen LogP contribution in [0.25, 0.3) is 22.3 Å². The maximum Gasteiger partial charge on any atom is 0.145 e. The van der Waals surface area contributed by atoms with E-state index in [4.69, 9.17) is 9.84 Å². The van der Waals surface area contributed by atoms with E-state index in [9.17, 15) is 10.5 Å². The number of ether oxygens (including phenoxy) is 1. The van der Waals surface area contributed by atoms with Crippen LogP contribution in [0.4, 0.5) is 5.00 Å². The summed E-state index contributed by atoms with van der Waals surface area (Å²) in [6.45, 7) is 9.88. The Morgan fingerprint density at radius 3 is 2.90 bits per heavy atom. The van der Waals surface area contributed by atoms with E-state index < -0.39 is 8.07 Å². The number of aromatic nitrogens is 5. The Kier molecular flexibility index (Phi) is 8.19. The second-order valence-corrected chi connectivity index (χ2v) is 18.4. The van der Waals surface area contributed by atoms with E-state index in [0.29, 0.717) is 18.7 Å². The Morgan fingerprint density at radius 2 is 2.13 bits per heavy atom. The highest BCUT2D eigenvalue weighted by Crippen LogP contribution is 2.40. The van der Waals surface area contributed by atoms with Crippen LogP contribution in [-0.4, -0.2) is 52.1 Å². The molecule has 1 unspecified atom stereocenters. The van der Waals surface area contributed by atoms with E-state index in [0.717, 1.165) is 63.9 Å². The lowest BCUT2D eigenvalue weighted by Crippen LogP contribution is -2.25. The van der Waals surface area contributed by atoms with Gasteiger partial charge in [0.2, 0.25) is 0 Å². The van der Waals surface area contributed by atoms with Crippen molar-refractivity contribution in [2.24, 2.45) is 5.92 Å². The van der Waals surface area contributed by atoms with Crippen LogP contribution in [0.2, 0.25) is 25.7 Å². The molecule has 5 rings (SSSR count). The van der Waals surface area contributed by atoms with Crippen LogP contribution in [0, 0.1) is 28.6 Å². The predicted octanol–water partition coefficient (Wildman–Crippen LogP) is 6.28. The van der Waals surface area contributed by atoms with Crippen LogP contribution in [0.3, 0.4) is 0 Å². The first-order valence-electron chi connectivity index (χ1n) is 13.0. The fourth-order valence-corrected chi connectivity index (χ4v) is 7.40. The zero-order valence-corrected chi connectivity index (χ0v) is 25.7. The minimum Gasteiger partial charge on any atom is -0.362 e. The van der Waals surface area contributed by atoms with E-state index >= 15 is 0 Å². The number of nitrogens with zero attached hydrogens (tertiary/aromatic N) is 8. The molecule has 0 radical (unpaired) electrons. The van der Waals surface area contributed by atoms with Gasteiger partial charge < -0.3 is 14.2 Å². The molecule has 39 heavy (non-hydrogen) atoms. The van der Waals surface area contributed by atoms with Crippen molar-refractivity contribution in [2.75, 3.05) is 24.6 Å². The van der Waals surface area contributed by atoms with Crippen LogP contribution in [0.5, 0.6) is 0 Å². The molecule has 4 aromatic rings. The fourth-order valence-electron chi connectivity index (χ4n) is 5.04. The standard InChI is InChI=1S/C27H31BrN8OSSi/c1-39(2,3)11-10-37-18-35-9-6-21-25(31-17-32-26(21)35)20-13-33-36(15-20)24(4-7-29)19-5-8-34(14-19)27-22(12-30)23(28)16-38-27/h6,9,13,15-17,19,24H,4-5,8,10-11,14,18H2,1-3H3/t19?,24-/m0/s1. The zero-order chi connectivity index (χ0) is 27.6. The van der Waals surface area contributed by atoms with E-state index in [2.05, 4.69) is 62.6 Å². The number of anilines is 1. The molecule has 0 aromatic carbocycles. The van der Waals surface area contributed by atoms with E-state index in [-0.39, 0.29) is 12.0 Å². The van der Waals surface area contributed by atoms with Crippen LogP contribution in [0.15, 0.2) is 40.8 Å². The highest BCUT2D eigenvalue weighted by molar-refractivity contribution is 9.10. The van der Waals surface area contributed by atoms with Crippen molar-refractivity contribution in [3.05, 3.63) is 46.4 Å². The van der Waals surface area contributed by atoms with Gasteiger partial charge in [0.05, 0.1) is 30.4 Å². The number of thiophene rings is 1. The van der Waals surface area contributed by atoms with Gasteiger partial charge in [-0.3, -0.25) is 4.68 Å². The Bertz CT molecular complexity index is 1540. The Morgan fingerprint density at radius 1 is 1.28 bits per heavy atom. The van der Waals surface area contributed by atoms with Crippen molar-refractivity contribution in [2.45, 2.75) is 51.3 Å². The molecule has 1 saturated heterocycles. The second kappa shape index (κ2) is 11.6. The molecule has 1 fully saturated rings. The average molecular weight is 624 g/mol. The zero-order valence-electron chi connectivity index (χ0n) is 22.3. The summed E-state index contributed by atoms with van der Waals surface area (Å²) in [6.07, 6.45) is 8.69. The van der Waals surface area contributed by atoms with Crippen molar-refractivity contribution in [3.63, 3.8) is 0 Å². The van der Waals surface area contributed by atoms with Crippen LogP contribution < -0.4 is 4.90 Å². The Labute approximate surface area is 241 Å². The van der Waals surface area contributed by atoms with Gasteiger partial charge in [0.15, 0.2) is 0 Å². The third-order valence-electron chi connectivity index (χ3n) is 7.19. The van der Waals surface area contributed by atoms with Crippen molar-refractivity contribution in [1.82, 2.24) is 24.3 Å². The van der Waals surface area contributed by atoms with Crippen LogP contribution >= 0.6 is 27.3 Å². The number of hydrogen-bond donors (Lipinski definition) is 0. The van der Waals surface area contributed by atoms with Crippen molar-refractivity contribution < 1.29 is 4.74 Å². The van der Waals surface area contributed by atoms with Gasteiger partial charge in [-0.15, -0.1) is 11.3 Å². The molecule has 202 valence electrons. The van der Waals surface area contributed by atoms with Gasteiger partial charge in [-0.2, -0.15) is 15.6 Å². The van der Waals surface area contributed by atoms with Gasteiger partial charge in [-0.05, 0) is 34.5 Å². The second-order valence-electron chi connectivity index (χ2n) is 11.1. The summed E-state index contributed by atoms with van der Waals surface area (Å²) in [6, 6.07) is 7.76. The molecular formula is C27H31BrN8OSSi. The molecule has 2 atom stereocenters. The summed E-state index contributed by atoms with van der Waals surface area (Å²) in [4.78, 5) is 11.4. The van der Waals surface area contributed by atoms with Gasteiger partial charge in [-0.1, -0.05) is 19.6 Å². The fraction of sp³-hybridized carbons (Fsp3) is 0.444. The third kappa shape index (κ3) is 5.94. The summed E-state index contributed by atoms with van der Waals surface area (Å²) < 4.78 is 10.7. The van der Waals surface area contributed by atoms with Crippen molar-refractivity contribution in [1.29, 1.82) is 10.5 Å². The molecular weight excluding hydrogens is 592 g/mol. The number of nitriles is 2. The molecule has 0 N–H and O–H groups in total. The Balaban J connectivity index is 1.33. The third-order valence-corrected chi connectivity index (χ3v) is 10.9. The predicted molar refractivity (Wildman–Crippen MR) is 159 cm³/mol. The molecule has 0 aliphatic carbocycles. The summed E-state index contributed by atoms with van der Waals surface area (Å²) >= 11 is 5.06. The average Bonchev–Trinajstić information content (AvgIpc) is 3.71. The van der Waals surface area contributed by atoms with Gasteiger partial charge in [0.1, 0.15) is 35.3 Å². The first kappa shape index (κ1) is 27.5. The molecule has 0 amide bonds. The van der Waals surface area contributed by atoms with Crippen molar-refractivity contribution >= 4 is 51.4 Å². The van der Waals surface area contributed by atoms with Gasteiger partial charge in [-0.25, -0.2) is 9.97 Å². The first-order valence-corrected chi connectivity index (χ1v) is 18.4. The summed E-state index contributed by atoms with van der Waals surface area (Å²) in [5.74, 6) is 0.240. The summed E-state index contributed by atoms with van der Waals surface area (Å²) in [7, 11) is -1.14. The molecule has 0 spiro atoms. The molecule has 12 heteroatoms. The van der Waals surface area contributed by atoms with Gasteiger partial charge in [0.25, 0.3) is 0 Å². The van der Waals surface area contributed by atoms with Crippen LogP contribution in [0.1, 0.15) is 24.4 Å². The van der Waals surface area contributed by atoms with Crippen molar-refractivity contribution in [3.8, 4) is 23.4 Å². The lowest BCUT2D eigenvalue weighted by atomic mass is 9.96. The molecule has 1 aliphatic heterocycles. The minimum atomic E-state index is -1.14. The molecule has 9 nitrogen and oxygen atoms in total. The smallest absolute Gasteiger partial charge is 0.145 e. The molecule has 1 aliphatic rings. The highest BCUT2D eigenvalue weighted by Gasteiger charge is 2.33. The number of fused-ring (bicyclic) bond motifs is 1. The molecule has 0 saturated carbocycles. The van der Waals surface area contributed by atoms with Crippen LogP contribution in [-0.2, 0) is 11.5 Å². The topological polar surface area (TPSA) is 109 Å². The quantitative estimate of drug-likeness (QED) is 0.151. The number of halogens is 1. The lowest BCUT2D eigenvalue weighted by Gasteiger charge is -2.23.